The van der Waals surface area contributed by atoms with Gasteiger partial charge in [-0.1, -0.05) is 60.7 Å². The molecule has 2 aromatic rings. The second-order valence-electron chi connectivity index (χ2n) is 9.52. The van der Waals surface area contributed by atoms with Crippen LogP contribution in [-0.4, -0.2) is 74.8 Å². The maximum Gasteiger partial charge on any atom is 0.411 e. The summed E-state index contributed by atoms with van der Waals surface area (Å²) < 4.78 is 21.4. The van der Waals surface area contributed by atoms with E-state index in [1.807, 2.05) is 60.7 Å². The Morgan fingerprint density at radius 3 is 1.95 bits per heavy atom. The number of hydrogen-bond acceptors (Lipinski definition) is 7. The van der Waals surface area contributed by atoms with Crippen molar-refractivity contribution in [1.29, 1.82) is 0 Å². The molecule has 0 aliphatic carbocycles. The van der Waals surface area contributed by atoms with Gasteiger partial charge in [0.05, 0.1) is 6.54 Å². The Hall–Kier alpha value is -3.63. The molecule has 38 heavy (non-hydrogen) atoms. The summed E-state index contributed by atoms with van der Waals surface area (Å²) in [6, 6.07) is 17.7. The zero-order valence-electron chi connectivity index (χ0n) is 22.8. The second-order valence-corrected chi connectivity index (χ2v) is 9.52. The Morgan fingerprint density at radius 1 is 0.842 bits per heavy atom. The maximum atomic E-state index is 13.4. The number of carbonyl (C=O) groups excluding carboxylic acids is 3. The molecular formula is C28H39N3O7. The minimum atomic E-state index is -0.926. The van der Waals surface area contributed by atoms with Crippen molar-refractivity contribution in [1.82, 2.24) is 15.5 Å². The van der Waals surface area contributed by atoms with Crippen LogP contribution in [0, 0.1) is 0 Å². The Morgan fingerprint density at radius 2 is 1.39 bits per heavy atom. The molecule has 0 aliphatic heterocycles. The average molecular weight is 530 g/mol. The van der Waals surface area contributed by atoms with Gasteiger partial charge in [-0.05, 0) is 31.9 Å². The molecule has 2 N–H and O–H groups in total. The number of alkyl carbamates (subject to hydrolysis) is 1. The van der Waals surface area contributed by atoms with Crippen molar-refractivity contribution in [2.75, 3.05) is 33.9 Å². The first-order valence-electron chi connectivity index (χ1n) is 12.4. The predicted molar refractivity (Wildman–Crippen MR) is 142 cm³/mol. The highest BCUT2D eigenvalue weighted by Crippen LogP contribution is 2.17. The summed E-state index contributed by atoms with van der Waals surface area (Å²) >= 11 is 0. The summed E-state index contributed by atoms with van der Waals surface area (Å²) in [6.45, 7) is 5.64. The molecule has 0 saturated heterocycles. The minimum Gasteiger partial charge on any atom is -0.445 e. The number of rotatable bonds is 13. The third-order valence-electron chi connectivity index (χ3n) is 5.36. The summed E-state index contributed by atoms with van der Waals surface area (Å²) in [6.07, 6.45) is -1.80. The third kappa shape index (κ3) is 11.2. The van der Waals surface area contributed by atoms with Crippen LogP contribution in [0.2, 0.25) is 0 Å². The fourth-order valence-corrected chi connectivity index (χ4v) is 3.48. The molecule has 0 fully saturated rings. The summed E-state index contributed by atoms with van der Waals surface area (Å²) in [5.41, 5.74) is 0.950. The van der Waals surface area contributed by atoms with E-state index >= 15 is 0 Å². The lowest BCUT2D eigenvalue weighted by Gasteiger charge is -2.34. The van der Waals surface area contributed by atoms with Gasteiger partial charge in [-0.25, -0.2) is 9.59 Å². The largest absolute Gasteiger partial charge is 0.445 e. The summed E-state index contributed by atoms with van der Waals surface area (Å²) in [5, 5.41) is 5.41. The SMILES string of the molecule is COC(CN(C(=O)OC(C)(C)C)[C@@H](Cc1ccccc1)C(=O)NCCNC(=O)OCc1ccccc1)OC. The number of benzene rings is 2. The lowest BCUT2D eigenvalue weighted by molar-refractivity contribution is -0.135. The van der Waals surface area contributed by atoms with Gasteiger partial charge in [0.2, 0.25) is 5.91 Å². The first kappa shape index (κ1) is 30.6. The van der Waals surface area contributed by atoms with Gasteiger partial charge in [0.15, 0.2) is 6.29 Å². The van der Waals surface area contributed by atoms with Crippen LogP contribution < -0.4 is 10.6 Å². The van der Waals surface area contributed by atoms with Crippen LogP contribution in [-0.2, 0) is 36.8 Å². The number of nitrogens with one attached hydrogen (secondary N) is 2. The van der Waals surface area contributed by atoms with Gasteiger partial charge in [0.1, 0.15) is 18.2 Å². The Labute approximate surface area is 224 Å². The van der Waals surface area contributed by atoms with Crippen molar-refractivity contribution >= 4 is 18.1 Å². The van der Waals surface area contributed by atoms with Crippen molar-refractivity contribution in [2.24, 2.45) is 0 Å². The molecule has 208 valence electrons. The molecule has 0 spiro atoms. The third-order valence-corrected chi connectivity index (χ3v) is 5.36. The topological polar surface area (TPSA) is 115 Å². The zero-order valence-corrected chi connectivity index (χ0v) is 22.8. The molecule has 10 nitrogen and oxygen atoms in total. The van der Waals surface area contributed by atoms with E-state index in [1.54, 1.807) is 20.8 Å². The van der Waals surface area contributed by atoms with Crippen LogP contribution in [0.25, 0.3) is 0 Å². The van der Waals surface area contributed by atoms with E-state index < -0.39 is 36.0 Å². The van der Waals surface area contributed by atoms with E-state index in [1.165, 1.54) is 19.1 Å². The van der Waals surface area contributed by atoms with Gasteiger partial charge in [0.25, 0.3) is 0 Å². The van der Waals surface area contributed by atoms with Gasteiger partial charge in [-0.15, -0.1) is 0 Å². The van der Waals surface area contributed by atoms with Crippen LogP contribution in [0.3, 0.4) is 0 Å². The second kappa shape index (κ2) is 15.6. The number of hydrogen-bond donors (Lipinski definition) is 2. The van der Waals surface area contributed by atoms with Gasteiger partial charge in [-0.2, -0.15) is 0 Å². The van der Waals surface area contributed by atoms with Crippen LogP contribution in [0.4, 0.5) is 9.59 Å². The fraction of sp³-hybridized carbons (Fsp3) is 0.464. The highest BCUT2D eigenvalue weighted by molar-refractivity contribution is 5.86. The highest BCUT2D eigenvalue weighted by atomic mass is 16.7. The van der Waals surface area contributed by atoms with Crippen molar-refractivity contribution in [2.45, 2.75) is 51.7 Å². The van der Waals surface area contributed by atoms with Gasteiger partial charge >= 0.3 is 12.2 Å². The van der Waals surface area contributed by atoms with Crippen LogP contribution >= 0.6 is 0 Å². The van der Waals surface area contributed by atoms with Gasteiger partial charge in [0, 0.05) is 33.7 Å². The van der Waals surface area contributed by atoms with E-state index in [9.17, 15) is 14.4 Å². The first-order valence-corrected chi connectivity index (χ1v) is 12.4. The number of nitrogens with zero attached hydrogens (tertiary/aromatic N) is 1. The molecule has 0 bridgehead atoms. The minimum absolute atomic E-state index is 0.0309. The van der Waals surface area contributed by atoms with E-state index in [0.29, 0.717) is 0 Å². The molecule has 0 unspecified atom stereocenters. The van der Waals surface area contributed by atoms with E-state index in [-0.39, 0.29) is 32.7 Å². The molecule has 0 radical (unpaired) electrons. The van der Waals surface area contributed by atoms with Crippen molar-refractivity contribution in [3.63, 3.8) is 0 Å². The van der Waals surface area contributed by atoms with Crippen LogP contribution in [0.5, 0.6) is 0 Å². The Bertz CT molecular complexity index is 993. The molecule has 2 rings (SSSR count). The summed E-state index contributed by atoms with van der Waals surface area (Å²) in [4.78, 5) is 39.9. The molecule has 2 aromatic carbocycles. The number of amides is 3. The zero-order chi connectivity index (χ0) is 28.0. The smallest absolute Gasteiger partial charge is 0.411 e. The lowest BCUT2D eigenvalue weighted by Crippen LogP contribution is -2.55. The Balaban J connectivity index is 2.07. The first-order chi connectivity index (χ1) is 18.1. The molecule has 1 atom stereocenters. The van der Waals surface area contributed by atoms with Gasteiger partial charge < -0.3 is 29.6 Å². The molecule has 3 amide bonds. The number of methoxy groups -OCH3 is 2. The molecule has 0 heterocycles. The standard InChI is InChI=1S/C28H39N3O7/c1-28(2,3)38-27(34)31(19-24(35-4)36-5)23(18-21-12-8-6-9-13-21)25(32)29-16-17-30-26(33)37-20-22-14-10-7-11-15-22/h6-15,23-24H,16-20H2,1-5H3,(H,29,32)(H,30,33)/t23-/m0/s1. The van der Waals surface area contributed by atoms with E-state index in [4.69, 9.17) is 18.9 Å². The summed E-state index contributed by atoms with van der Waals surface area (Å²) in [7, 11) is 2.91. The quantitative estimate of drug-likeness (QED) is 0.301. The normalized spacial score (nSPS) is 11.9. The molecule has 10 heteroatoms. The lowest BCUT2D eigenvalue weighted by atomic mass is 10.0. The average Bonchev–Trinajstić information content (AvgIpc) is 2.89. The van der Waals surface area contributed by atoms with E-state index in [0.717, 1.165) is 11.1 Å². The highest BCUT2D eigenvalue weighted by Gasteiger charge is 2.35. The Kier molecular flexibility index (Phi) is 12.5. The van der Waals surface area contributed by atoms with Crippen LogP contribution in [0.15, 0.2) is 60.7 Å². The van der Waals surface area contributed by atoms with Gasteiger partial charge in [-0.3, -0.25) is 9.69 Å². The van der Waals surface area contributed by atoms with Crippen molar-refractivity contribution in [3.8, 4) is 0 Å². The molecule has 0 aromatic heterocycles. The fourth-order valence-electron chi connectivity index (χ4n) is 3.48. The monoisotopic (exact) mass is 529 g/mol. The van der Waals surface area contributed by atoms with Crippen molar-refractivity contribution in [3.05, 3.63) is 71.8 Å². The van der Waals surface area contributed by atoms with Crippen molar-refractivity contribution < 1.29 is 33.3 Å². The predicted octanol–water partition coefficient (Wildman–Crippen LogP) is 3.50. The molecule has 0 aliphatic rings. The number of ether oxygens (including phenoxy) is 4. The summed E-state index contributed by atoms with van der Waals surface area (Å²) in [5.74, 6) is -0.412. The van der Waals surface area contributed by atoms with Crippen LogP contribution in [0.1, 0.15) is 31.9 Å². The molecule has 0 saturated carbocycles. The molecular weight excluding hydrogens is 490 g/mol. The number of carbonyl (C=O) groups is 3. The maximum absolute atomic E-state index is 13.4. The van der Waals surface area contributed by atoms with E-state index in [2.05, 4.69) is 10.6 Å².